The van der Waals surface area contributed by atoms with E-state index in [0.29, 0.717) is 12.5 Å². The lowest BCUT2D eigenvalue weighted by atomic mass is 9.91. The van der Waals surface area contributed by atoms with Crippen LogP contribution in [0.4, 0.5) is 5.82 Å². The highest BCUT2D eigenvalue weighted by atomic mass is 79.9. The predicted octanol–water partition coefficient (Wildman–Crippen LogP) is 3.02. The van der Waals surface area contributed by atoms with Gasteiger partial charge in [-0.15, -0.1) is 0 Å². The summed E-state index contributed by atoms with van der Waals surface area (Å²) in [6.07, 6.45) is 2.80. The molecule has 0 aliphatic carbocycles. The number of nitrogens with one attached hydrogen (secondary N) is 1. The number of rotatable bonds is 5. The van der Waals surface area contributed by atoms with E-state index in [4.69, 9.17) is 5.73 Å². The maximum atomic E-state index is 5.85. The zero-order valence-corrected chi connectivity index (χ0v) is 11.7. The second-order valence-electron chi connectivity index (χ2n) is 4.82. The van der Waals surface area contributed by atoms with Crippen LogP contribution in [-0.2, 0) is 0 Å². The van der Waals surface area contributed by atoms with Gasteiger partial charge in [-0.1, -0.05) is 13.8 Å². The van der Waals surface area contributed by atoms with E-state index < -0.39 is 0 Å². The van der Waals surface area contributed by atoms with Gasteiger partial charge in [-0.3, -0.25) is 0 Å². The molecule has 0 saturated carbocycles. The van der Waals surface area contributed by atoms with Crippen LogP contribution in [0.25, 0.3) is 0 Å². The number of anilines is 1. The van der Waals surface area contributed by atoms with Gasteiger partial charge in [0.2, 0.25) is 0 Å². The minimum Gasteiger partial charge on any atom is -0.363 e. The highest BCUT2D eigenvalue weighted by Gasteiger charge is 2.24. The van der Waals surface area contributed by atoms with Crippen molar-refractivity contribution in [2.45, 2.75) is 32.7 Å². The topological polar surface area (TPSA) is 50.9 Å². The molecule has 1 aromatic heterocycles. The number of hydrogen-bond acceptors (Lipinski definition) is 3. The quantitative estimate of drug-likeness (QED) is 0.874. The Morgan fingerprint density at radius 2 is 2.25 bits per heavy atom. The maximum Gasteiger partial charge on any atom is 0.140 e. The number of halogens is 1. The number of hydrogen-bond donors (Lipinski definition) is 2. The lowest BCUT2D eigenvalue weighted by Crippen LogP contribution is -2.44. The summed E-state index contributed by atoms with van der Waals surface area (Å²) in [5.41, 5.74) is 5.74. The van der Waals surface area contributed by atoms with Crippen LogP contribution < -0.4 is 11.1 Å². The minimum absolute atomic E-state index is 0.106. The van der Waals surface area contributed by atoms with E-state index in [0.717, 1.165) is 16.7 Å². The summed E-state index contributed by atoms with van der Waals surface area (Å²) in [5.74, 6) is 1.46. The van der Waals surface area contributed by atoms with Crippen molar-refractivity contribution in [2.24, 2.45) is 11.7 Å². The maximum absolute atomic E-state index is 5.85. The molecule has 3 N–H and O–H groups in total. The van der Waals surface area contributed by atoms with Crippen molar-refractivity contribution in [1.29, 1.82) is 0 Å². The predicted molar refractivity (Wildman–Crippen MR) is 72.5 cm³/mol. The van der Waals surface area contributed by atoms with Crippen LogP contribution in [0.15, 0.2) is 22.8 Å². The molecule has 0 amide bonds. The van der Waals surface area contributed by atoms with Crippen LogP contribution in [0, 0.1) is 5.92 Å². The molecule has 1 heterocycles. The van der Waals surface area contributed by atoms with E-state index in [1.807, 2.05) is 12.1 Å². The SMILES string of the molecule is CC(C)CC(C)(CN)Nc1ncccc1Br. The fraction of sp³-hybridized carbons (Fsp3) is 0.583. The minimum atomic E-state index is -0.106. The second kappa shape index (κ2) is 5.64. The van der Waals surface area contributed by atoms with E-state index in [9.17, 15) is 0 Å². The summed E-state index contributed by atoms with van der Waals surface area (Å²) in [7, 11) is 0. The highest BCUT2D eigenvalue weighted by molar-refractivity contribution is 9.10. The van der Waals surface area contributed by atoms with E-state index >= 15 is 0 Å². The Kier molecular flexibility index (Phi) is 4.74. The standard InChI is InChI=1S/C12H20BrN3/c1-9(2)7-12(3,8-14)16-11-10(13)5-4-6-15-11/h4-6,9H,7-8,14H2,1-3H3,(H,15,16). The fourth-order valence-corrected chi connectivity index (χ4v) is 2.20. The van der Waals surface area contributed by atoms with Crippen LogP contribution in [0.2, 0.25) is 0 Å². The van der Waals surface area contributed by atoms with E-state index in [1.165, 1.54) is 0 Å². The summed E-state index contributed by atoms with van der Waals surface area (Å²) in [6, 6.07) is 3.87. The molecule has 0 radical (unpaired) electrons. The van der Waals surface area contributed by atoms with Crippen molar-refractivity contribution in [2.75, 3.05) is 11.9 Å². The van der Waals surface area contributed by atoms with Gasteiger partial charge in [-0.05, 0) is 47.3 Å². The number of nitrogens with two attached hydrogens (primary N) is 1. The third kappa shape index (κ3) is 3.76. The van der Waals surface area contributed by atoms with E-state index in [1.54, 1.807) is 6.20 Å². The molecule has 3 nitrogen and oxygen atoms in total. The number of nitrogens with zero attached hydrogens (tertiary/aromatic N) is 1. The van der Waals surface area contributed by atoms with Gasteiger partial charge in [0.15, 0.2) is 0 Å². The summed E-state index contributed by atoms with van der Waals surface area (Å²) in [5, 5.41) is 3.42. The zero-order valence-electron chi connectivity index (χ0n) is 10.1. The smallest absolute Gasteiger partial charge is 0.140 e. The van der Waals surface area contributed by atoms with Crippen molar-refractivity contribution >= 4 is 21.7 Å². The first-order valence-corrected chi connectivity index (χ1v) is 6.35. The highest BCUT2D eigenvalue weighted by Crippen LogP contribution is 2.25. The molecule has 0 fully saturated rings. The van der Waals surface area contributed by atoms with Crippen molar-refractivity contribution in [3.63, 3.8) is 0 Å². The molecule has 0 saturated heterocycles. The molecule has 1 rings (SSSR count). The van der Waals surface area contributed by atoms with Crippen molar-refractivity contribution in [1.82, 2.24) is 4.98 Å². The lowest BCUT2D eigenvalue weighted by Gasteiger charge is -2.32. The fourth-order valence-electron chi connectivity index (χ4n) is 1.85. The van der Waals surface area contributed by atoms with Crippen LogP contribution >= 0.6 is 15.9 Å². The van der Waals surface area contributed by atoms with Crippen LogP contribution in [0.1, 0.15) is 27.2 Å². The number of pyridine rings is 1. The van der Waals surface area contributed by atoms with E-state index in [-0.39, 0.29) is 5.54 Å². The normalized spacial score (nSPS) is 14.9. The lowest BCUT2D eigenvalue weighted by molar-refractivity contribution is 0.406. The summed E-state index contributed by atoms with van der Waals surface area (Å²) >= 11 is 3.48. The molecule has 16 heavy (non-hydrogen) atoms. The molecular weight excluding hydrogens is 266 g/mol. The Hall–Kier alpha value is -0.610. The molecule has 0 bridgehead atoms. The largest absolute Gasteiger partial charge is 0.363 e. The molecule has 0 aliphatic rings. The Balaban J connectivity index is 2.81. The summed E-state index contributed by atoms with van der Waals surface area (Å²) in [6.45, 7) is 7.12. The molecule has 0 aliphatic heterocycles. The van der Waals surface area contributed by atoms with Gasteiger partial charge in [-0.25, -0.2) is 4.98 Å². The third-order valence-corrected chi connectivity index (χ3v) is 3.13. The molecule has 1 aromatic rings. The summed E-state index contributed by atoms with van der Waals surface area (Å²) < 4.78 is 0.971. The van der Waals surface area contributed by atoms with Crippen molar-refractivity contribution in [3.05, 3.63) is 22.8 Å². The molecule has 0 aromatic carbocycles. The van der Waals surface area contributed by atoms with Gasteiger partial charge in [0.25, 0.3) is 0 Å². The van der Waals surface area contributed by atoms with Crippen LogP contribution in [0.5, 0.6) is 0 Å². The second-order valence-corrected chi connectivity index (χ2v) is 5.68. The van der Waals surface area contributed by atoms with Gasteiger partial charge < -0.3 is 11.1 Å². The first kappa shape index (κ1) is 13.5. The van der Waals surface area contributed by atoms with Crippen LogP contribution in [0.3, 0.4) is 0 Å². The van der Waals surface area contributed by atoms with Crippen molar-refractivity contribution in [3.8, 4) is 0 Å². The molecule has 90 valence electrons. The monoisotopic (exact) mass is 285 g/mol. The number of aromatic nitrogens is 1. The Bertz CT molecular complexity index is 341. The zero-order chi connectivity index (χ0) is 12.2. The third-order valence-electron chi connectivity index (χ3n) is 2.49. The Morgan fingerprint density at radius 1 is 1.56 bits per heavy atom. The van der Waals surface area contributed by atoms with Gasteiger partial charge in [0.05, 0.1) is 4.47 Å². The average Bonchev–Trinajstić information content (AvgIpc) is 2.20. The van der Waals surface area contributed by atoms with Gasteiger partial charge in [0.1, 0.15) is 5.82 Å². The first-order valence-electron chi connectivity index (χ1n) is 5.55. The first-order chi connectivity index (χ1) is 7.47. The summed E-state index contributed by atoms with van der Waals surface area (Å²) in [4.78, 5) is 4.30. The Morgan fingerprint density at radius 3 is 2.75 bits per heavy atom. The van der Waals surface area contributed by atoms with Gasteiger partial charge in [0, 0.05) is 18.3 Å². The van der Waals surface area contributed by atoms with Crippen molar-refractivity contribution < 1.29 is 0 Å². The van der Waals surface area contributed by atoms with Gasteiger partial charge in [-0.2, -0.15) is 0 Å². The molecular formula is C12H20BrN3. The molecule has 4 heteroatoms. The molecule has 1 unspecified atom stereocenters. The van der Waals surface area contributed by atoms with Gasteiger partial charge >= 0.3 is 0 Å². The molecule has 0 spiro atoms. The van der Waals surface area contributed by atoms with Crippen LogP contribution in [-0.4, -0.2) is 17.1 Å². The molecule has 1 atom stereocenters. The van der Waals surface area contributed by atoms with E-state index in [2.05, 4.69) is 47.0 Å². The Labute approximate surface area is 106 Å². The average molecular weight is 286 g/mol.